The van der Waals surface area contributed by atoms with Gasteiger partial charge in [0.1, 0.15) is 6.10 Å². The maximum atomic E-state index is 5.63. The minimum atomic E-state index is 0.195. The van der Waals surface area contributed by atoms with E-state index >= 15 is 0 Å². The van der Waals surface area contributed by atoms with Crippen LogP contribution in [0.3, 0.4) is 0 Å². The van der Waals surface area contributed by atoms with E-state index in [4.69, 9.17) is 15.2 Å². The number of rotatable bonds is 4. The van der Waals surface area contributed by atoms with Gasteiger partial charge in [-0.15, -0.1) is 0 Å². The molecule has 60 valence electrons. The third-order valence-electron chi connectivity index (χ3n) is 1.68. The van der Waals surface area contributed by atoms with Crippen LogP contribution in [0.4, 0.5) is 0 Å². The van der Waals surface area contributed by atoms with E-state index in [1.165, 1.54) is 0 Å². The number of hydrogen-bond acceptors (Lipinski definition) is 3. The van der Waals surface area contributed by atoms with Crippen LogP contribution in [-0.4, -0.2) is 32.0 Å². The largest absolute Gasteiger partial charge is 0.376 e. The maximum absolute atomic E-state index is 5.63. The van der Waals surface area contributed by atoms with E-state index in [-0.39, 0.29) is 6.04 Å². The number of hydrogen-bond donors (Lipinski definition) is 1. The average molecular weight is 145 g/mol. The first kappa shape index (κ1) is 7.98. The van der Waals surface area contributed by atoms with Crippen molar-refractivity contribution in [3.63, 3.8) is 0 Å². The van der Waals surface area contributed by atoms with Gasteiger partial charge in [0, 0.05) is 6.04 Å². The molecule has 3 heteroatoms. The molecule has 0 unspecified atom stereocenters. The summed E-state index contributed by atoms with van der Waals surface area (Å²) in [6.45, 7) is 4.22. The molecule has 0 aromatic rings. The fraction of sp³-hybridized carbons (Fsp3) is 1.00. The van der Waals surface area contributed by atoms with Gasteiger partial charge >= 0.3 is 0 Å². The quantitative estimate of drug-likeness (QED) is 0.612. The van der Waals surface area contributed by atoms with Crippen molar-refractivity contribution in [1.82, 2.24) is 0 Å². The molecular weight excluding hydrogens is 130 g/mol. The van der Waals surface area contributed by atoms with E-state index in [1.807, 2.05) is 0 Å². The molecule has 1 aliphatic rings. The summed E-state index contributed by atoms with van der Waals surface area (Å²) in [5.41, 5.74) is 5.63. The molecule has 0 aromatic heterocycles. The van der Waals surface area contributed by atoms with Crippen molar-refractivity contribution in [2.75, 3.05) is 19.8 Å². The molecular formula is C7H15NO2. The summed E-state index contributed by atoms with van der Waals surface area (Å²) in [5.74, 6) is 0. The zero-order valence-electron chi connectivity index (χ0n) is 6.38. The number of nitrogens with two attached hydrogens (primary N) is 1. The van der Waals surface area contributed by atoms with Gasteiger partial charge in [0.25, 0.3) is 0 Å². The van der Waals surface area contributed by atoms with Crippen molar-refractivity contribution < 1.29 is 9.47 Å². The van der Waals surface area contributed by atoms with E-state index in [1.54, 1.807) is 0 Å². The predicted octanol–water partition coefficient (Wildman–Crippen LogP) is 0.139. The van der Waals surface area contributed by atoms with Gasteiger partial charge < -0.3 is 15.2 Å². The molecule has 1 aliphatic heterocycles. The lowest BCUT2D eigenvalue weighted by molar-refractivity contribution is -0.131. The normalized spacial score (nSPS) is 22.2. The summed E-state index contributed by atoms with van der Waals surface area (Å²) in [5, 5.41) is 0. The Bertz CT molecular complexity index is 88.9. The Morgan fingerprint density at radius 1 is 1.70 bits per heavy atom. The second kappa shape index (κ2) is 3.91. The Hall–Kier alpha value is -0.120. The van der Waals surface area contributed by atoms with Gasteiger partial charge in [-0.05, 0) is 6.42 Å². The van der Waals surface area contributed by atoms with Crippen LogP contribution in [0, 0.1) is 0 Å². The van der Waals surface area contributed by atoms with Gasteiger partial charge in [-0.1, -0.05) is 6.92 Å². The van der Waals surface area contributed by atoms with Crippen LogP contribution in [0.2, 0.25) is 0 Å². The SMILES string of the molecule is CC[C@@H](N)COC1COC1. The zero-order valence-corrected chi connectivity index (χ0v) is 6.38. The van der Waals surface area contributed by atoms with Crippen LogP contribution in [0.25, 0.3) is 0 Å². The highest BCUT2D eigenvalue weighted by molar-refractivity contribution is 4.66. The highest BCUT2D eigenvalue weighted by Crippen LogP contribution is 2.05. The lowest BCUT2D eigenvalue weighted by Crippen LogP contribution is -2.39. The summed E-state index contributed by atoms with van der Waals surface area (Å²) in [6, 6.07) is 0.195. The van der Waals surface area contributed by atoms with E-state index in [2.05, 4.69) is 6.92 Å². The summed E-state index contributed by atoms with van der Waals surface area (Å²) < 4.78 is 10.3. The Kier molecular flexibility index (Phi) is 3.12. The first-order valence-corrected chi connectivity index (χ1v) is 3.78. The molecule has 3 nitrogen and oxygen atoms in total. The van der Waals surface area contributed by atoms with Crippen LogP contribution in [0.5, 0.6) is 0 Å². The van der Waals surface area contributed by atoms with Crippen LogP contribution >= 0.6 is 0 Å². The smallest absolute Gasteiger partial charge is 0.104 e. The van der Waals surface area contributed by atoms with Crippen molar-refractivity contribution in [3.05, 3.63) is 0 Å². The first-order valence-electron chi connectivity index (χ1n) is 3.78. The minimum absolute atomic E-state index is 0.195. The van der Waals surface area contributed by atoms with Gasteiger partial charge in [-0.2, -0.15) is 0 Å². The summed E-state index contributed by atoms with van der Waals surface area (Å²) in [4.78, 5) is 0. The van der Waals surface area contributed by atoms with Crippen molar-refractivity contribution in [3.8, 4) is 0 Å². The van der Waals surface area contributed by atoms with E-state index in [0.29, 0.717) is 12.7 Å². The molecule has 0 radical (unpaired) electrons. The Morgan fingerprint density at radius 2 is 2.40 bits per heavy atom. The topological polar surface area (TPSA) is 44.5 Å². The van der Waals surface area contributed by atoms with Crippen molar-refractivity contribution >= 4 is 0 Å². The molecule has 0 aliphatic carbocycles. The Morgan fingerprint density at radius 3 is 2.80 bits per heavy atom. The Labute approximate surface area is 61.5 Å². The molecule has 0 spiro atoms. The van der Waals surface area contributed by atoms with E-state index < -0.39 is 0 Å². The molecule has 0 saturated carbocycles. The fourth-order valence-corrected chi connectivity index (χ4v) is 0.688. The van der Waals surface area contributed by atoms with E-state index in [9.17, 15) is 0 Å². The lowest BCUT2D eigenvalue weighted by atomic mass is 10.2. The molecule has 2 N–H and O–H groups in total. The summed E-state index contributed by atoms with van der Waals surface area (Å²) in [6.07, 6.45) is 1.30. The highest BCUT2D eigenvalue weighted by Gasteiger charge is 2.19. The van der Waals surface area contributed by atoms with Gasteiger partial charge in [-0.3, -0.25) is 0 Å². The maximum Gasteiger partial charge on any atom is 0.104 e. The first-order chi connectivity index (χ1) is 4.83. The monoisotopic (exact) mass is 145 g/mol. The molecule has 1 saturated heterocycles. The lowest BCUT2D eigenvalue weighted by Gasteiger charge is -2.27. The molecule has 0 amide bonds. The van der Waals surface area contributed by atoms with Crippen LogP contribution in [0.15, 0.2) is 0 Å². The predicted molar refractivity (Wildman–Crippen MR) is 38.8 cm³/mol. The van der Waals surface area contributed by atoms with Crippen molar-refractivity contribution in [1.29, 1.82) is 0 Å². The third-order valence-corrected chi connectivity index (χ3v) is 1.68. The second-order valence-electron chi connectivity index (χ2n) is 2.66. The Balaban J connectivity index is 1.93. The number of ether oxygens (including phenoxy) is 2. The van der Waals surface area contributed by atoms with Gasteiger partial charge in [0.2, 0.25) is 0 Å². The van der Waals surface area contributed by atoms with Gasteiger partial charge in [0.05, 0.1) is 19.8 Å². The van der Waals surface area contributed by atoms with Crippen molar-refractivity contribution in [2.24, 2.45) is 5.73 Å². The summed E-state index contributed by atoms with van der Waals surface area (Å²) >= 11 is 0. The zero-order chi connectivity index (χ0) is 7.40. The van der Waals surface area contributed by atoms with E-state index in [0.717, 1.165) is 19.6 Å². The van der Waals surface area contributed by atoms with Crippen molar-refractivity contribution in [2.45, 2.75) is 25.5 Å². The van der Waals surface area contributed by atoms with Crippen LogP contribution in [0.1, 0.15) is 13.3 Å². The van der Waals surface area contributed by atoms with Crippen LogP contribution in [-0.2, 0) is 9.47 Å². The average Bonchev–Trinajstić information content (AvgIpc) is 1.84. The highest BCUT2D eigenvalue weighted by atomic mass is 16.6. The fourth-order valence-electron chi connectivity index (χ4n) is 0.688. The van der Waals surface area contributed by atoms with Gasteiger partial charge in [0.15, 0.2) is 0 Å². The molecule has 1 fully saturated rings. The molecule has 0 bridgehead atoms. The molecule has 0 aromatic carbocycles. The third kappa shape index (κ3) is 2.25. The molecule has 1 atom stereocenters. The van der Waals surface area contributed by atoms with Gasteiger partial charge in [-0.25, -0.2) is 0 Å². The minimum Gasteiger partial charge on any atom is -0.376 e. The molecule has 1 rings (SSSR count). The van der Waals surface area contributed by atoms with Crippen LogP contribution < -0.4 is 5.73 Å². The standard InChI is InChI=1S/C7H15NO2/c1-2-6(8)3-10-7-4-9-5-7/h6-7H,2-5,8H2,1H3/t6-/m1/s1. The molecule has 1 heterocycles. The second-order valence-corrected chi connectivity index (χ2v) is 2.66. The molecule has 10 heavy (non-hydrogen) atoms. The summed E-state index contributed by atoms with van der Waals surface area (Å²) in [7, 11) is 0.